The molecular formula is C19H15NO2S. The highest BCUT2D eigenvalue weighted by Gasteiger charge is 2.17. The van der Waals surface area contributed by atoms with Gasteiger partial charge < -0.3 is 0 Å². The van der Waals surface area contributed by atoms with Crippen LogP contribution >= 0.6 is 11.3 Å². The van der Waals surface area contributed by atoms with E-state index in [-0.39, 0.29) is 11.3 Å². The molecule has 114 valence electrons. The molecule has 3 nitrogen and oxygen atoms in total. The van der Waals surface area contributed by atoms with Crippen LogP contribution in [0.25, 0.3) is 21.2 Å². The molecule has 0 unspecified atom stereocenters. The number of hydrogen-bond acceptors (Lipinski definition) is 3. The van der Waals surface area contributed by atoms with Crippen molar-refractivity contribution in [2.24, 2.45) is 0 Å². The number of allylic oxidation sites excluding steroid dienone is 4. The molecule has 0 amide bonds. The maximum atomic E-state index is 12.9. The average Bonchev–Trinajstić information content (AvgIpc) is 3.04. The fourth-order valence-corrected chi connectivity index (χ4v) is 4.04. The van der Waals surface area contributed by atoms with Gasteiger partial charge in [-0.3, -0.25) is 14.0 Å². The van der Waals surface area contributed by atoms with Gasteiger partial charge in [-0.25, -0.2) is 0 Å². The summed E-state index contributed by atoms with van der Waals surface area (Å²) in [5.41, 5.74) is 2.76. The average molecular weight is 321 g/mol. The van der Waals surface area contributed by atoms with Crippen molar-refractivity contribution in [2.75, 3.05) is 0 Å². The SMILES string of the molecule is CC(=O)c1cc(C2=CCCC=C2)c(=O)n2ccc3ccsc3c12. The molecule has 0 aromatic carbocycles. The van der Waals surface area contributed by atoms with Gasteiger partial charge in [0, 0.05) is 17.3 Å². The number of fused-ring (bicyclic) bond motifs is 3. The zero-order valence-electron chi connectivity index (χ0n) is 12.7. The lowest BCUT2D eigenvalue weighted by Gasteiger charge is -2.12. The number of aromatic nitrogens is 1. The number of hydrogen-bond donors (Lipinski definition) is 0. The van der Waals surface area contributed by atoms with Crippen molar-refractivity contribution in [1.29, 1.82) is 0 Å². The topological polar surface area (TPSA) is 38.5 Å². The summed E-state index contributed by atoms with van der Waals surface area (Å²) in [5, 5.41) is 3.04. The fourth-order valence-electron chi connectivity index (χ4n) is 3.10. The summed E-state index contributed by atoms with van der Waals surface area (Å²) in [6.07, 6.45) is 9.80. The summed E-state index contributed by atoms with van der Waals surface area (Å²) in [5.74, 6) is -0.0231. The van der Waals surface area contributed by atoms with E-state index < -0.39 is 0 Å². The van der Waals surface area contributed by atoms with Gasteiger partial charge in [0.05, 0.1) is 10.2 Å². The van der Waals surface area contributed by atoms with Gasteiger partial charge >= 0.3 is 0 Å². The highest BCUT2D eigenvalue weighted by atomic mass is 32.1. The summed E-state index contributed by atoms with van der Waals surface area (Å²) >= 11 is 1.56. The first kappa shape index (κ1) is 14.2. The second-order valence-electron chi connectivity index (χ2n) is 5.71. The first-order valence-corrected chi connectivity index (χ1v) is 8.48. The molecule has 0 saturated heterocycles. The van der Waals surface area contributed by atoms with Gasteiger partial charge in [-0.2, -0.15) is 0 Å². The molecule has 3 aromatic rings. The van der Waals surface area contributed by atoms with Crippen molar-refractivity contribution < 1.29 is 4.79 Å². The van der Waals surface area contributed by atoms with Crippen molar-refractivity contribution in [3.05, 3.63) is 69.5 Å². The van der Waals surface area contributed by atoms with Crippen LogP contribution < -0.4 is 5.56 Å². The summed E-state index contributed by atoms with van der Waals surface area (Å²) in [7, 11) is 0. The highest BCUT2D eigenvalue weighted by molar-refractivity contribution is 7.18. The molecule has 0 aliphatic heterocycles. The number of nitrogens with zero attached hydrogens (tertiary/aromatic N) is 1. The Labute approximate surface area is 137 Å². The fraction of sp³-hybridized carbons (Fsp3) is 0.158. The second kappa shape index (κ2) is 5.32. The Kier molecular flexibility index (Phi) is 3.27. The first-order chi connectivity index (χ1) is 11.2. The number of ketones is 1. The smallest absolute Gasteiger partial charge is 0.263 e. The van der Waals surface area contributed by atoms with E-state index in [1.54, 1.807) is 34.9 Å². The number of thiophene rings is 1. The van der Waals surface area contributed by atoms with Crippen LogP contribution in [0.4, 0.5) is 0 Å². The maximum absolute atomic E-state index is 12.9. The third-order valence-electron chi connectivity index (χ3n) is 4.23. The van der Waals surface area contributed by atoms with Gasteiger partial charge in [-0.1, -0.05) is 18.2 Å². The van der Waals surface area contributed by atoms with Crippen LogP contribution in [-0.2, 0) is 0 Å². The zero-order valence-corrected chi connectivity index (χ0v) is 13.5. The number of rotatable bonds is 2. The molecule has 3 aromatic heterocycles. The Morgan fingerprint density at radius 2 is 2.13 bits per heavy atom. The monoisotopic (exact) mass is 321 g/mol. The van der Waals surface area contributed by atoms with Gasteiger partial charge in [0.1, 0.15) is 0 Å². The zero-order chi connectivity index (χ0) is 16.0. The Morgan fingerprint density at radius 1 is 1.26 bits per heavy atom. The standard InChI is InChI=1S/C19H15NO2S/c1-12(21)15-11-16(13-5-3-2-4-6-13)19(22)20-9-7-14-8-10-23-18(14)17(15)20/h3,5-11H,2,4H2,1H3. The van der Waals surface area contributed by atoms with Crippen LogP contribution in [0.1, 0.15) is 35.7 Å². The van der Waals surface area contributed by atoms with E-state index in [0.717, 1.165) is 34.0 Å². The van der Waals surface area contributed by atoms with E-state index in [1.807, 2.05) is 23.6 Å². The second-order valence-corrected chi connectivity index (χ2v) is 6.63. The third-order valence-corrected chi connectivity index (χ3v) is 5.17. The molecular weight excluding hydrogens is 306 g/mol. The Hall–Kier alpha value is -2.46. The molecule has 0 radical (unpaired) electrons. The van der Waals surface area contributed by atoms with E-state index in [0.29, 0.717) is 11.1 Å². The molecule has 4 heteroatoms. The summed E-state index contributed by atoms with van der Waals surface area (Å²) in [6.45, 7) is 1.56. The van der Waals surface area contributed by atoms with Gasteiger partial charge in [0.2, 0.25) is 0 Å². The number of Topliss-reactive ketones (excluding diaryl/α,β-unsaturated/α-hetero) is 1. The lowest BCUT2D eigenvalue weighted by atomic mass is 9.97. The van der Waals surface area contributed by atoms with Crippen LogP contribution in [0.5, 0.6) is 0 Å². The lowest BCUT2D eigenvalue weighted by molar-refractivity contribution is 0.101. The molecule has 0 saturated carbocycles. The Morgan fingerprint density at radius 3 is 2.87 bits per heavy atom. The predicted octanol–water partition coefficient (Wildman–Crippen LogP) is 4.45. The minimum Gasteiger partial charge on any atom is -0.294 e. The summed E-state index contributed by atoms with van der Waals surface area (Å²) in [4.78, 5) is 25.2. The van der Waals surface area contributed by atoms with Crippen molar-refractivity contribution >= 4 is 38.3 Å². The van der Waals surface area contributed by atoms with Crippen LogP contribution in [-0.4, -0.2) is 10.2 Å². The first-order valence-electron chi connectivity index (χ1n) is 7.60. The van der Waals surface area contributed by atoms with Gasteiger partial charge in [0.15, 0.2) is 5.78 Å². The maximum Gasteiger partial charge on any atom is 0.263 e. The third kappa shape index (κ3) is 2.18. The highest BCUT2D eigenvalue weighted by Crippen LogP contribution is 2.29. The molecule has 3 heterocycles. The molecule has 0 N–H and O–H groups in total. The molecule has 1 aliphatic carbocycles. The van der Waals surface area contributed by atoms with Gasteiger partial charge in [-0.15, -0.1) is 11.3 Å². The van der Waals surface area contributed by atoms with Gasteiger partial charge in [-0.05, 0) is 54.3 Å². The van der Waals surface area contributed by atoms with E-state index >= 15 is 0 Å². The van der Waals surface area contributed by atoms with E-state index in [1.165, 1.54) is 0 Å². The minimum atomic E-state index is -0.0712. The Bertz CT molecular complexity index is 1070. The summed E-state index contributed by atoms with van der Waals surface area (Å²) in [6, 6.07) is 5.70. The molecule has 0 fully saturated rings. The van der Waals surface area contributed by atoms with E-state index in [4.69, 9.17) is 0 Å². The van der Waals surface area contributed by atoms with Crippen LogP contribution in [0, 0.1) is 0 Å². The largest absolute Gasteiger partial charge is 0.294 e. The lowest BCUT2D eigenvalue weighted by Crippen LogP contribution is -2.20. The van der Waals surface area contributed by atoms with E-state index in [2.05, 4.69) is 12.2 Å². The molecule has 0 spiro atoms. The van der Waals surface area contributed by atoms with Crippen molar-refractivity contribution in [2.45, 2.75) is 19.8 Å². The molecule has 4 rings (SSSR count). The minimum absolute atomic E-state index is 0.0231. The summed E-state index contributed by atoms with van der Waals surface area (Å²) < 4.78 is 2.60. The molecule has 0 atom stereocenters. The Balaban J connectivity index is 2.16. The van der Waals surface area contributed by atoms with Crippen LogP contribution in [0.3, 0.4) is 0 Å². The van der Waals surface area contributed by atoms with Crippen molar-refractivity contribution in [3.63, 3.8) is 0 Å². The predicted molar refractivity (Wildman–Crippen MR) is 95.4 cm³/mol. The number of carbonyl (C=O) groups is 1. The molecule has 23 heavy (non-hydrogen) atoms. The number of pyridine rings is 2. The van der Waals surface area contributed by atoms with Crippen LogP contribution in [0.15, 0.2) is 52.8 Å². The molecule has 0 bridgehead atoms. The van der Waals surface area contributed by atoms with Gasteiger partial charge in [0.25, 0.3) is 5.56 Å². The normalized spacial score (nSPS) is 14.4. The quantitative estimate of drug-likeness (QED) is 0.654. The van der Waals surface area contributed by atoms with Crippen molar-refractivity contribution in [1.82, 2.24) is 4.40 Å². The van der Waals surface area contributed by atoms with E-state index in [9.17, 15) is 9.59 Å². The van der Waals surface area contributed by atoms with Crippen LogP contribution in [0.2, 0.25) is 0 Å². The number of carbonyl (C=O) groups excluding carboxylic acids is 1. The van der Waals surface area contributed by atoms with Crippen molar-refractivity contribution in [3.8, 4) is 0 Å². The molecule has 1 aliphatic rings.